The number of hydrogen-bond donors (Lipinski definition) is 1. The smallest absolute Gasteiger partial charge is 0.231 e. The van der Waals surface area contributed by atoms with Gasteiger partial charge in [0.05, 0.1) is 28.3 Å². The minimum absolute atomic E-state index is 0.137. The van der Waals surface area contributed by atoms with Gasteiger partial charge in [0.15, 0.2) is 5.58 Å². The van der Waals surface area contributed by atoms with Crippen LogP contribution in [0.2, 0.25) is 0 Å². The van der Waals surface area contributed by atoms with E-state index in [0.29, 0.717) is 56.3 Å². The Hall–Kier alpha value is -5.77. The van der Waals surface area contributed by atoms with Crippen molar-refractivity contribution in [1.82, 2.24) is 34.7 Å². The highest BCUT2D eigenvalue weighted by atomic mass is 16.3. The fourth-order valence-corrected chi connectivity index (χ4v) is 5.84. The van der Waals surface area contributed by atoms with Crippen LogP contribution >= 0.6 is 0 Å². The normalized spacial score (nSPS) is 11.5. The lowest BCUT2D eigenvalue weighted by molar-refractivity contribution is 0.235. The molecule has 0 aliphatic carbocycles. The molecule has 1 N–H and O–H groups in total. The Labute approximate surface area is 279 Å². The van der Waals surface area contributed by atoms with Crippen molar-refractivity contribution in [3.8, 4) is 17.2 Å². The highest BCUT2D eigenvalue weighted by Crippen LogP contribution is 2.36. The Bertz CT molecular complexity index is 1940. The van der Waals surface area contributed by atoms with E-state index in [4.69, 9.17) is 9.40 Å². The van der Waals surface area contributed by atoms with Gasteiger partial charge in [-0.3, -0.25) is 29.7 Å². The molecule has 5 aromatic heterocycles. The molecule has 238 valence electrons. The Morgan fingerprint density at radius 3 is 1.48 bits per heavy atom. The lowest BCUT2D eigenvalue weighted by Crippen LogP contribution is -2.25. The first-order valence-electron chi connectivity index (χ1n) is 15.9. The fourth-order valence-electron chi connectivity index (χ4n) is 5.84. The molecule has 9 nitrogen and oxygen atoms in total. The van der Waals surface area contributed by atoms with E-state index in [1.165, 1.54) is 0 Å². The van der Waals surface area contributed by atoms with Crippen molar-refractivity contribution in [2.45, 2.75) is 39.3 Å². The predicted molar refractivity (Wildman–Crippen MR) is 184 cm³/mol. The number of oxazole rings is 1. The first kappa shape index (κ1) is 30.9. The highest BCUT2D eigenvalue weighted by Gasteiger charge is 2.21. The summed E-state index contributed by atoms with van der Waals surface area (Å²) in [7, 11) is 0. The van der Waals surface area contributed by atoms with Crippen LogP contribution in [0.5, 0.6) is 5.75 Å². The van der Waals surface area contributed by atoms with E-state index in [9.17, 15) is 5.11 Å². The monoisotopic (exact) mass is 633 g/mol. The van der Waals surface area contributed by atoms with E-state index in [2.05, 4.69) is 35.8 Å². The Kier molecular flexibility index (Phi) is 9.49. The van der Waals surface area contributed by atoms with Gasteiger partial charge in [-0.15, -0.1) is 0 Å². The van der Waals surface area contributed by atoms with Crippen LogP contribution in [0.1, 0.15) is 33.9 Å². The van der Waals surface area contributed by atoms with Crippen molar-refractivity contribution in [1.29, 1.82) is 0 Å². The van der Waals surface area contributed by atoms with E-state index in [1.807, 2.05) is 116 Å². The molecule has 0 amide bonds. The second kappa shape index (κ2) is 14.8. The standard InChI is InChI=1S/C39H35N7O2/c47-38-30(24-46(27-33-13-5-9-19-42-33)28-34-14-6-10-20-43-34)21-29(22-35(38)39-44-36-15-1-2-16-37(36)48-39)23-45(25-31-11-3-7-17-40-31)26-32-12-4-8-18-41-32/h1-22,47H,23-28H2. The van der Waals surface area contributed by atoms with E-state index in [1.54, 1.807) is 12.4 Å². The topological polar surface area (TPSA) is 104 Å². The van der Waals surface area contributed by atoms with Crippen molar-refractivity contribution in [2.24, 2.45) is 0 Å². The van der Waals surface area contributed by atoms with Crippen LogP contribution in [0.25, 0.3) is 22.6 Å². The fraction of sp³-hybridized carbons (Fsp3) is 0.154. The van der Waals surface area contributed by atoms with Gasteiger partial charge < -0.3 is 9.52 Å². The first-order valence-corrected chi connectivity index (χ1v) is 15.9. The molecule has 0 fully saturated rings. The van der Waals surface area contributed by atoms with Crippen LogP contribution in [-0.4, -0.2) is 39.8 Å². The average molecular weight is 634 g/mol. The summed E-state index contributed by atoms with van der Waals surface area (Å²) in [4.78, 5) is 27.7. The molecule has 9 heteroatoms. The number of phenolic OH excluding ortho intramolecular Hbond substituents is 1. The van der Waals surface area contributed by atoms with Crippen LogP contribution in [0.3, 0.4) is 0 Å². The molecule has 2 aromatic carbocycles. The number of nitrogens with zero attached hydrogens (tertiary/aromatic N) is 7. The van der Waals surface area contributed by atoms with Crippen molar-refractivity contribution < 1.29 is 9.52 Å². The summed E-state index contributed by atoms with van der Waals surface area (Å²) in [5.74, 6) is 0.511. The number of para-hydroxylation sites is 2. The molecule has 0 aliphatic rings. The number of rotatable bonds is 13. The van der Waals surface area contributed by atoms with Crippen LogP contribution in [0, 0.1) is 0 Å². The predicted octanol–water partition coefficient (Wildman–Crippen LogP) is 7.19. The maximum Gasteiger partial charge on any atom is 0.231 e. The molecule has 0 unspecified atom stereocenters. The van der Waals surface area contributed by atoms with Gasteiger partial charge >= 0.3 is 0 Å². The quantitative estimate of drug-likeness (QED) is 0.141. The number of aromatic hydroxyl groups is 1. The maximum absolute atomic E-state index is 11.9. The third-order valence-electron chi connectivity index (χ3n) is 8.02. The molecule has 0 radical (unpaired) electrons. The summed E-state index contributed by atoms with van der Waals surface area (Å²) in [5.41, 5.74) is 7.49. The van der Waals surface area contributed by atoms with Crippen LogP contribution in [0.15, 0.2) is 138 Å². The minimum atomic E-state index is 0.137. The Balaban J connectivity index is 1.28. The zero-order valence-electron chi connectivity index (χ0n) is 26.4. The van der Waals surface area contributed by atoms with E-state index < -0.39 is 0 Å². The molecule has 5 heterocycles. The Morgan fingerprint density at radius 2 is 1.00 bits per heavy atom. The highest BCUT2D eigenvalue weighted by molar-refractivity contribution is 5.78. The van der Waals surface area contributed by atoms with Gasteiger partial charge in [-0.05, 0) is 78.4 Å². The number of phenols is 1. The minimum Gasteiger partial charge on any atom is -0.507 e. The van der Waals surface area contributed by atoms with E-state index in [-0.39, 0.29) is 5.75 Å². The molecule has 0 saturated heterocycles. The van der Waals surface area contributed by atoms with Gasteiger partial charge in [0.2, 0.25) is 5.89 Å². The van der Waals surface area contributed by atoms with Gasteiger partial charge in [-0.25, -0.2) is 4.98 Å². The molecule has 0 bridgehead atoms. The van der Waals surface area contributed by atoms with Crippen LogP contribution < -0.4 is 0 Å². The number of hydrogen-bond acceptors (Lipinski definition) is 9. The maximum atomic E-state index is 11.9. The lowest BCUT2D eigenvalue weighted by Gasteiger charge is -2.25. The van der Waals surface area contributed by atoms with Gasteiger partial charge in [0.1, 0.15) is 11.3 Å². The second-order valence-corrected chi connectivity index (χ2v) is 11.7. The zero-order chi connectivity index (χ0) is 32.5. The van der Waals surface area contributed by atoms with Gasteiger partial charge in [-0.1, -0.05) is 36.4 Å². The summed E-state index contributed by atoms with van der Waals surface area (Å²) >= 11 is 0. The second-order valence-electron chi connectivity index (χ2n) is 11.7. The molecule has 7 aromatic rings. The summed E-state index contributed by atoms with van der Waals surface area (Å²) in [6, 6.07) is 35.4. The largest absolute Gasteiger partial charge is 0.507 e. The third-order valence-corrected chi connectivity index (χ3v) is 8.02. The van der Waals surface area contributed by atoms with E-state index >= 15 is 0 Å². The molecule has 0 spiro atoms. The first-order chi connectivity index (χ1) is 23.7. The molecule has 48 heavy (non-hydrogen) atoms. The summed E-state index contributed by atoms with van der Waals surface area (Å²) in [5, 5.41) is 11.9. The van der Waals surface area contributed by atoms with Crippen LogP contribution in [-0.2, 0) is 39.3 Å². The molecule has 7 rings (SSSR count). The molecule has 0 atom stereocenters. The van der Waals surface area contributed by atoms with Crippen molar-refractivity contribution in [3.05, 3.63) is 168 Å². The number of benzene rings is 2. The Morgan fingerprint density at radius 1 is 0.521 bits per heavy atom. The number of pyridine rings is 4. The molecular weight excluding hydrogens is 598 g/mol. The summed E-state index contributed by atoms with van der Waals surface area (Å²) in [6.07, 6.45) is 7.23. The molecule has 0 saturated carbocycles. The van der Waals surface area contributed by atoms with Crippen molar-refractivity contribution in [3.63, 3.8) is 0 Å². The van der Waals surface area contributed by atoms with Crippen LogP contribution in [0.4, 0.5) is 0 Å². The third kappa shape index (κ3) is 7.78. The SMILES string of the molecule is Oc1c(CN(Cc2ccccn2)Cc2ccccn2)cc(CN(Cc2ccccn2)Cc2ccccn2)cc1-c1nc2ccccc2o1. The number of aromatic nitrogens is 5. The van der Waals surface area contributed by atoms with E-state index in [0.717, 1.165) is 39.4 Å². The molecule has 0 aliphatic heterocycles. The van der Waals surface area contributed by atoms with Crippen molar-refractivity contribution >= 4 is 11.1 Å². The lowest BCUT2D eigenvalue weighted by atomic mass is 10.0. The van der Waals surface area contributed by atoms with Gasteiger partial charge in [0, 0.05) is 69.6 Å². The average Bonchev–Trinajstić information content (AvgIpc) is 3.56. The molecular formula is C39H35N7O2. The zero-order valence-corrected chi connectivity index (χ0v) is 26.4. The van der Waals surface area contributed by atoms with Gasteiger partial charge in [-0.2, -0.15) is 0 Å². The summed E-state index contributed by atoms with van der Waals surface area (Å²) in [6.45, 7) is 3.42. The van der Waals surface area contributed by atoms with Crippen molar-refractivity contribution in [2.75, 3.05) is 0 Å². The number of fused-ring (bicyclic) bond motifs is 1. The van der Waals surface area contributed by atoms with Gasteiger partial charge in [0.25, 0.3) is 0 Å². The summed E-state index contributed by atoms with van der Waals surface area (Å²) < 4.78 is 6.20.